The summed E-state index contributed by atoms with van der Waals surface area (Å²) in [4.78, 5) is 16.1. The van der Waals surface area contributed by atoms with Crippen LogP contribution in [0.4, 0.5) is 8.78 Å². The predicted molar refractivity (Wildman–Crippen MR) is 75.0 cm³/mol. The number of halogens is 2. The molecule has 5 nitrogen and oxygen atoms in total. The van der Waals surface area contributed by atoms with Gasteiger partial charge in [0.25, 0.3) is 5.91 Å². The molecule has 116 valence electrons. The van der Waals surface area contributed by atoms with Gasteiger partial charge in [-0.05, 0) is 18.2 Å². The lowest BCUT2D eigenvalue weighted by atomic mass is 10.2. The van der Waals surface area contributed by atoms with E-state index in [4.69, 9.17) is 4.74 Å². The number of rotatable bonds is 6. The molecule has 0 fully saturated rings. The second-order valence-electron chi connectivity index (χ2n) is 4.23. The maximum absolute atomic E-state index is 12.3. The molecular formula is C15H14F2N2O3. The molecule has 0 unspecified atom stereocenters. The van der Waals surface area contributed by atoms with Gasteiger partial charge in [0.1, 0.15) is 5.75 Å². The Kier molecular flexibility index (Phi) is 5.24. The van der Waals surface area contributed by atoms with Crippen LogP contribution in [0.15, 0.2) is 42.6 Å². The third-order valence-corrected chi connectivity index (χ3v) is 2.83. The first kappa shape index (κ1) is 15.7. The average Bonchev–Trinajstić information content (AvgIpc) is 2.52. The Balaban J connectivity index is 2.10. The zero-order valence-electron chi connectivity index (χ0n) is 11.8. The van der Waals surface area contributed by atoms with Crippen LogP contribution in [0, 0.1) is 0 Å². The highest BCUT2D eigenvalue weighted by atomic mass is 19.3. The number of hydrogen-bond acceptors (Lipinski definition) is 4. The largest absolute Gasteiger partial charge is 0.481 e. The predicted octanol–water partition coefficient (Wildman–Crippen LogP) is 2.62. The molecule has 1 N–H and O–H groups in total. The van der Waals surface area contributed by atoms with E-state index in [9.17, 15) is 13.6 Å². The summed E-state index contributed by atoms with van der Waals surface area (Å²) >= 11 is 0. The van der Waals surface area contributed by atoms with E-state index >= 15 is 0 Å². The van der Waals surface area contributed by atoms with E-state index in [-0.39, 0.29) is 17.9 Å². The Bertz CT molecular complexity index is 650. The number of methoxy groups -OCH3 is 1. The number of pyridine rings is 1. The minimum Gasteiger partial charge on any atom is -0.481 e. The number of carbonyl (C=O) groups excluding carboxylic acids is 1. The van der Waals surface area contributed by atoms with Gasteiger partial charge in [-0.3, -0.25) is 4.79 Å². The zero-order chi connectivity index (χ0) is 15.9. The minimum absolute atomic E-state index is 0.0330. The first-order valence-electron chi connectivity index (χ1n) is 6.41. The van der Waals surface area contributed by atoms with E-state index in [1.807, 2.05) is 0 Å². The fourth-order valence-electron chi connectivity index (χ4n) is 1.87. The topological polar surface area (TPSA) is 60.5 Å². The van der Waals surface area contributed by atoms with Gasteiger partial charge in [0, 0.05) is 18.3 Å². The van der Waals surface area contributed by atoms with Crippen LogP contribution in [0.3, 0.4) is 0 Å². The maximum Gasteiger partial charge on any atom is 0.387 e. The van der Waals surface area contributed by atoms with Gasteiger partial charge in [-0.15, -0.1) is 0 Å². The van der Waals surface area contributed by atoms with Gasteiger partial charge in [0.2, 0.25) is 5.88 Å². The van der Waals surface area contributed by atoms with Crippen molar-refractivity contribution >= 4 is 5.91 Å². The first-order chi connectivity index (χ1) is 10.6. The molecule has 1 heterocycles. The third-order valence-electron chi connectivity index (χ3n) is 2.83. The quantitative estimate of drug-likeness (QED) is 0.891. The fraction of sp³-hybridized carbons (Fsp3) is 0.200. The molecule has 0 atom stereocenters. The highest BCUT2D eigenvalue weighted by Gasteiger charge is 2.15. The average molecular weight is 308 g/mol. The Morgan fingerprint density at radius 3 is 2.77 bits per heavy atom. The van der Waals surface area contributed by atoms with E-state index in [2.05, 4.69) is 15.0 Å². The molecule has 2 rings (SSSR count). The maximum atomic E-state index is 12.3. The van der Waals surface area contributed by atoms with E-state index in [1.165, 1.54) is 25.3 Å². The van der Waals surface area contributed by atoms with Crippen LogP contribution in [0.2, 0.25) is 0 Å². The lowest BCUT2D eigenvalue weighted by molar-refractivity contribution is -0.0501. The van der Waals surface area contributed by atoms with Gasteiger partial charge in [0.15, 0.2) is 0 Å². The SMILES string of the molecule is COc1ncccc1CNC(=O)c1ccccc1OC(F)F. The van der Waals surface area contributed by atoms with Crippen LogP contribution in [0.25, 0.3) is 0 Å². The van der Waals surface area contributed by atoms with Crippen LogP contribution >= 0.6 is 0 Å². The molecule has 0 radical (unpaired) electrons. The molecule has 0 saturated heterocycles. The van der Waals surface area contributed by atoms with E-state index in [0.29, 0.717) is 11.4 Å². The van der Waals surface area contributed by atoms with E-state index in [1.54, 1.807) is 24.4 Å². The molecule has 0 aliphatic carbocycles. The number of aromatic nitrogens is 1. The van der Waals surface area contributed by atoms with Crippen molar-refractivity contribution in [3.05, 3.63) is 53.7 Å². The second kappa shape index (κ2) is 7.35. The summed E-state index contributed by atoms with van der Waals surface area (Å²) < 4.78 is 34.1. The number of hydrogen-bond donors (Lipinski definition) is 1. The molecule has 0 saturated carbocycles. The van der Waals surface area contributed by atoms with Gasteiger partial charge >= 0.3 is 6.61 Å². The van der Waals surface area contributed by atoms with Crippen LogP contribution < -0.4 is 14.8 Å². The zero-order valence-corrected chi connectivity index (χ0v) is 11.8. The molecule has 22 heavy (non-hydrogen) atoms. The highest BCUT2D eigenvalue weighted by Crippen LogP contribution is 2.20. The summed E-state index contributed by atoms with van der Waals surface area (Å²) in [5.74, 6) is -0.310. The number of nitrogens with one attached hydrogen (secondary N) is 1. The summed E-state index contributed by atoms with van der Waals surface area (Å²) in [6, 6.07) is 9.25. The molecule has 7 heteroatoms. The monoisotopic (exact) mass is 308 g/mol. The summed E-state index contributed by atoms with van der Waals surface area (Å²) in [5.41, 5.74) is 0.705. The molecule has 1 aromatic heterocycles. The van der Waals surface area contributed by atoms with Crippen LogP contribution in [0.1, 0.15) is 15.9 Å². The smallest absolute Gasteiger partial charge is 0.387 e. The number of benzene rings is 1. The van der Waals surface area contributed by atoms with E-state index < -0.39 is 12.5 Å². The summed E-state index contributed by atoms with van der Waals surface area (Å²) in [7, 11) is 1.47. The Labute approximate surface area is 125 Å². The summed E-state index contributed by atoms with van der Waals surface area (Å²) in [6.45, 7) is -2.84. The number of alkyl halides is 2. The number of para-hydroxylation sites is 1. The van der Waals surface area contributed by atoms with E-state index in [0.717, 1.165) is 0 Å². The van der Waals surface area contributed by atoms with Crippen molar-refractivity contribution in [1.82, 2.24) is 10.3 Å². The van der Waals surface area contributed by atoms with Crippen LogP contribution in [0.5, 0.6) is 11.6 Å². The van der Waals surface area contributed by atoms with Crippen molar-refractivity contribution in [1.29, 1.82) is 0 Å². The Morgan fingerprint density at radius 1 is 1.27 bits per heavy atom. The van der Waals surface area contributed by atoms with Crippen molar-refractivity contribution in [2.45, 2.75) is 13.2 Å². The molecule has 0 spiro atoms. The number of ether oxygens (including phenoxy) is 2. The van der Waals surface area contributed by atoms with Crippen molar-refractivity contribution in [2.24, 2.45) is 0 Å². The first-order valence-corrected chi connectivity index (χ1v) is 6.41. The summed E-state index contributed by atoms with van der Waals surface area (Å²) in [6.07, 6.45) is 1.57. The molecule has 1 aromatic carbocycles. The van der Waals surface area contributed by atoms with Crippen molar-refractivity contribution < 1.29 is 23.0 Å². The third kappa shape index (κ3) is 3.91. The van der Waals surface area contributed by atoms with Gasteiger partial charge in [0.05, 0.1) is 12.7 Å². The van der Waals surface area contributed by atoms with Crippen molar-refractivity contribution in [2.75, 3.05) is 7.11 Å². The standard InChI is InChI=1S/C15H14F2N2O3/c1-21-14-10(5-4-8-18-14)9-19-13(20)11-6-2-3-7-12(11)22-15(16)17/h2-8,15H,9H2,1H3,(H,19,20). The van der Waals surface area contributed by atoms with Gasteiger partial charge in [-0.1, -0.05) is 18.2 Å². The molecule has 1 amide bonds. The van der Waals surface area contributed by atoms with Gasteiger partial charge in [-0.25, -0.2) is 4.98 Å². The van der Waals surface area contributed by atoms with Crippen molar-refractivity contribution in [3.63, 3.8) is 0 Å². The normalized spacial score (nSPS) is 10.4. The minimum atomic E-state index is -2.99. The van der Waals surface area contributed by atoms with Gasteiger partial charge in [-0.2, -0.15) is 8.78 Å². The van der Waals surface area contributed by atoms with Gasteiger partial charge < -0.3 is 14.8 Å². The molecule has 2 aromatic rings. The summed E-state index contributed by atoms with van der Waals surface area (Å²) in [5, 5.41) is 2.62. The number of amides is 1. The molecule has 0 bridgehead atoms. The second-order valence-corrected chi connectivity index (χ2v) is 4.23. The lowest BCUT2D eigenvalue weighted by Crippen LogP contribution is -2.24. The Morgan fingerprint density at radius 2 is 2.05 bits per heavy atom. The van der Waals surface area contributed by atoms with Crippen LogP contribution in [-0.2, 0) is 6.54 Å². The Hall–Kier alpha value is -2.70. The fourth-order valence-corrected chi connectivity index (χ4v) is 1.87. The molecule has 0 aliphatic heterocycles. The van der Waals surface area contributed by atoms with Crippen LogP contribution in [-0.4, -0.2) is 24.6 Å². The highest BCUT2D eigenvalue weighted by molar-refractivity contribution is 5.96. The van der Waals surface area contributed by atoms with Crippen molar-refractivity contribution in [3.8, 4) is 11.6 Å². The number of carbonyl (C=O) groups is 1. The molecule has 0 aliphatic rings. The molecular weight excluding hydrogens is 294 g/mol. The lowest BCUT2D eigenvalue weighted by Gasteiger charge is -2.11. The number of nitrogens with zero attached hydrogens (tertiary/aromatic N) is 1.